The molecule has 15 nitrogen and oxygen atoms in total. The van der Waals surface area contributed by atoms with Crippen molar-refractivity contribution in [3.05, 3.63) is 90.0 Å². The molecule has 5 heterocycles. The number of nitrogens with zero attached hydrogens (tertiary/aromatic N) is 6. The second-order valence-electron chi connectivity index (χ2n) is 11.5. The molecule has 1 saturated heterocycles. The molecule has 4 N–H and O–H groups in total. The van der Waals surface area contributed by atoms with Gasteiger partial charge in [0.2, 0.25) is 0 Å². The number of benzene rings is 1. The molecule has 1 aliphatic heterocycles. The molecule has 48 heavy (non-hydrogen) atoms. The third kappa shape index (κ3) is 7.27. The predicted molar refractivity (Wildman–Crippen MR) is 179 cm³/mol. The number of nitrogens with one attached hydrogen (secondary N) is 4. The lowest BCUT2D eigenvalue weighted by Crippen LogP contribution is -2.41. The third-order valence-electron chi connectivity index (χ3n) is 7.98. The molecule has 0 radical (unpaired) electrons. The number of carbonyl (C=O) groups excluding carboxylic acids is 4. The summed E-state index contributed by atoms with van der Waals surface area (Å²) in [6, 6.07) is 12.0. The van der Waals surface area contributed by atoms with Gasteiger partial charge in [-0.25, -0.2) is 4.98 Å². The minimum atomic E-state index is -0.459. The molecule has 4 amide bonds. The molecule has 6 rings (SSSR count). The van der Waals surface area contributed by atoms with Gasteiger partial charge in [-0.2, -0.15) is 0 Å². The Bertz CT molecular complexity index is 2000. The Kier molecular flexibility index (Phi) is 9.31. The summed E-state index contributed by atoms with van der Waals surface area (Å²) in [6.07, 6.45) is 6.30. The molecule has 0 atom stereocenters. The number of aryl methyl sites for hydroxylation is 3. The van der Waals surface area contributed by atoms with Crippen molar-refractivity contribution in [1.82, 2.24) is 33.9 Å². The van der Waals surface area contributed by atoms with Crippen LogP contribution in [0.25, 0.3) is 11.0 Å². The highest BCUT2D eigenvalue weighted by Crippen LogP contribution is 2.20. The van der Waals surface area contributed by atoms with Crippen molar-refractivity contribution in [2.45, 2.75) is 0 Å². The Morgan fingerprint density at radius 3 is 1.77 bits per heavy atom. The highest BCUT2D eigenvalue weighted by molar-refractivity contribution is 6.08. The number of ether oxygens (including phenoxy) is 1. The van der Waals surface area contributed by atoms with Crippen molar-refractivity contribution in [2.24, 2.45) is 21.1 Å². The van der Waals surface area contributed by atoms with Crippen molar-refractivity contribution in [3.8, 4) is 0 Å². The first kappa shape index (κ1) is 32.2. The summed E-state index contributed by atoms with van der Waals surface area (Å²) in [5.41, 5.74) is 3.68. The molecule has 15 heteroatoms. The first-order valence-corrected chi connectivity index (χ1v) is 15.4. The van der Waals surface area contributed by atoms with Crippen LogP contribution in [0.5, 0.6) is 0 Å². The van der Waals surface area contributed by atoms with Crippen LogP contribution in [-0.2, 0) is 25.9 Å². The molecule has 0 saturated carbocycles. The minimum Gasteiger partial charge on any atom is -0.379 e. The maximum Gasteiger partial charge on any atom is 0.275 e. The molecule has 0 bridgehead atoms. The van der Waals surface area contributed by atoms with Gasteiger partial charge in [0.1, 0.15) is 22.8 Å². The lowest BCUT2D eigenvalue weighted by Gasteiger charge is -2.26. The molecule has 248 valence electrons. The summed E-state index contributed by atoms with van der Waals surface area (Å²) in [4.78, 5) is 62.8. The molecule has 0 spiro atoms. The van der Waals surface area contributed by atoms with Gasteiger partial charge in [-0.3, -0.25) is 29.1 Å². The Morgan fingerprint density at radius 2 is 1.21 bits per heavy atom. The number of hydrogen-bond acceptors (Lipinski definition) is 8. The largest absolute Gasteiger partial charge is 0.379 e. The Morgan fingerprint density at radius 1 is 0.708 bits per heavy atom. The number of carbonyl (C=O) groups is 4. The van der Waals surface area contributed by atoms with Crippen LogP contribution in [0, 0.1) is 0 Å². The SMILES string of the molecule is Cn1cc(NC(=O)c2cc(NC(=O)c3cc(NC(=O)c4cnc5ccccc5n4)cn3C)cn2C)cc1C(=O)NCCN1CCOCC1. The van der Waals surface area contributed by atoms with Gasteiger partial charge in [0.15, 0.2) is 0 Å². The zero-order valence-electron chi connectivity index (χ0n) is 26.8. The fourth-order valence-electron chi connectivity index (χ4n) is 5.47. The standard InChI is InChI=1S/C33H36N10O5/c1-40-19-22(14-27(40)31(45)34-8-9-43-10-12-48-13-11-43)37-33(47)29-16-23(20-42(29)3)38-32(46)28-15-21(18-41(28)2)36-30(44)26-17-35-24-6-4-5-7-25(24)39-26/h4-7,14-20H,8-13H2,1-3H3,(H,34,45)(H,36,44)(H,37,47)(H,38,46). The van der Waals surface area contributed by atoms with Crippen molar-refractivity contribution >= 4 is 51.7 Å². The van der Waals surface area contributed by atoms with Crippen LogP contribution in [0.1, 0.15) is 42.0 Å². The number of para-hydroxylation sites is 2. The highest BCUT2D eigenvalue weighted by atomic mass is 16.5. The number of aromatic nitrogens is 5. The molecule has 0 aliphatic carbocycles. The van der Waals surface area contributed by atoms with Crippen LogP contribution in [0.3, 0.4) is 0 Å². The zero-order chi connectivity index (χ0) is 33.8. The van der Waals surface area contributed by atoms with Gasteiger partial charge in [-0.15, -0.1) is 0 Å². The summed E-state index contributed by atoms with van der Waals surface area (Å²) >= 11 is 0. The number of rotatable bonds is 10. The van der Waals surface area contributed by atoms with Gasteiger partial charge in [0, 0.05) is 65.9 Å². The summed E-state index contributed by atoms with van der Waals surface area (Å²) < 4.78 is 10.2. The average molecular weight is 653 g/mol. The van der Waals surface area contributed by atoms with Crippen LogP contribution in [-0.4, -0.2) is 91.6 Å². The van der Waals surface area contributed by atoms with Gasteiger partial charge in [-0.1, -0.05) is 12.1 Å². The van der Waals surface area contributed by atoms with Gasteiger partial charge in [0.25, 0.3) is 23.6 Å². The second-order valence-corrected chi connectivity index (χ2v) is 11.5. The number of hydrogen-bond donors (Lipinski definition) is 4. The molecule has 1 aliphatic rings. The number of amides is 4. The summed E-state index contributed by atoms with van der Waals surface area (Å²) in [5.74, 6) is -1.54. The lowest BCUT2D eigenvalue weighted by atomic mass is 10.3. The Hall–Kier alpha value is -5.80. The normalized spacial score (nSPS) is 13.3. The molecule has 5 aromatic rings. The van der Waals surface area contributed by atoms with E-state index in [4.69, 9.17) is 4.74 Å². The van der Waals surface area contributed by atoms with E-state index in [0.29, 0.717) is 59.2 Å². The van der Waals surface area contributed by atoms with E-state index in [1.165, 1.54) is 6.20 Å². The monoisotopic (exact) mass is 652 g/mol. The Labute approximate surface area is 275 Å². The maximum atomic E-state index is 13.2. The fraction of sp³-hybridized carbons (Fsp3) is 0.273. The topological polar surface area (TPSA) is 169 Å². The highest BCUT2D eigenvalue weighted by Gasteiger charge is 2.20. The van der Waals surface area contributed by atoms with Crippen molar-refractivity contribution in [1.29, 1.82) is 0 Å². The van der Waals surface area contributed by atoms with Gasteiger partial charge >= 0.3 is 0 Å². The van der Waals surface area contributed by atoms with E-state index in [1.54, 1.807) is 77.7 Å². The van der Waals surface area contributed by atoms with E-state index in [0.717, 1.165) is 19.6 Å². The van der Waals surface area contributed by atoms with Crippen LogP contribution < -0.4 is 21.3 Å². The van der Waals surface area contributed by atoms with Crippen LogP contribution in [0.4, 0.5) is 17.1 Å². The van der Waals surface area contributed by atoms with Gasteiger partial charge in [-0.05, 0) is 30.3 Å². The first-order valence-electron chi connectivity index (χ1n) is 15.4. The summed E-state index contributed by atoms with van der Waals surface area (Å²) in [7, 11) is 5.11. The smallest absolute Gasteiger partial charge is 0.275 e. The molecule has 1 fully saturated rings. The quantitative estimate of drug-likeness (QED) is 0.178. The molecular formula is C33H36N10O5. The van der Waals surface area contributed by atoms with Crippen LogP contribution >= 0.6 is 0 Å². The van der Waals surface area contributed by atoms with E-state index in [-0.39, 0.29) is 17.3 Å². The predicted octanol–water partition coefficient (Wildman–Crippen LogP) is 2.46. The first-order chi connectivity index (χ1) is 23.1. The number of fused-ring (bicyclic) bond motifs is 1. The van der Waals surface area contributed by atoms with Crippen molar-refractivity contribution < 1.29 is 23.9 Å². The van der Waals surface area contributed by atoms with Gasteiger partial charge in [0.05, 0.1) is 47.5 Å². The van der Waals surface area contributed by atoms with Crippen molar-refractivity contribution in [3.63, 3.8) is 0 Å². The lowest BCUT2D eigenvalue weighted by molar-refractivity contribution is 0.0383. The van der Waals surface area contributed by atoms with E-state index < -0.39 is 17.7 Å². The van der Waals surface area contributed by atoms with Gasteiger partial charge < -0.3 is 39.7 Å². The van der Waals surface area contributed by atoms with Crippen LogP contribution in [0.2, 0.25) is 0 Å². The number of morpholine rings is 1. The summed E-state index contributed by atoms with van der Waals surface area (Å²) in [5, 5.41) is 11.3. The average Bonchev–Trinajstić information content (AvgIpc) is 3.76. The maximum absolute atomic E-state index is 13.2. The third-order valence-corrected chi connectivity index (χ3v) is 7.98. The molecule has 0 unspecified atom stereocenters. The Balaban J connectivity index is 1.05. The van der Waals surface area contributed by atoms with Crippen LogP contribution in [0.15, 0.2) is 67.3 Å². The zero-order valence-corrected chi connectivity index (χ0v) is 26.8. The van der Waals surface area contributed by atoms with Crippen molar-refractivity contribution in [2.75, 3.05) is 55.3 Å². The summed E-state index contributed by atoms with van der Waals surface area (Å²) in [6.45, 7) is 4.32. The molecule has 4 aromatic heterocycles. The van der Waals surface area contributed by atoms with E-state index in [1.807, 2.05) is 18.2 Å². The van der Waals surface area contributed by atoms with E-state index in [9.17, 15) is 19.2 Å². The molecular weight excluding hydrogens is 616 g/mol. The van der Waals surface area contributed by atoms with E-state index >= 15 is 0 Å². The minimum absolute atomic E-state index is 0.146. The second kappa shape index (κ2) is 13.9. The molecule has 1 aromatic carbocycles. The van der Waals surface area contributed by atoms with E-state index in [2.05, 4.69) is 36.1 Å². The fourth-order valence-corrected chi connectivity index (χ4v) is 5.47. The number of anilines is 3.